The molecule has 2 N–H and O–H groups in total. The predicted octanol–water partition coefficient (Wildman–Crippen LogP) is 2.26. The summed E-state index contributed by atoms with van der Waals surface area (Å²) in [4.78, 5) is 6.88. The number of anilines is 1. The minimum atomic E-state index is 0.395. The van der Waals surface area contributed by atoms with Crippen LogP contribution in [0.4, 0.5) is 5.82 Å². The third-order valence-electron chi connectivity index (χ3n) is 3.21. The van der Waals surface area contributed by atoms with Crippen molar-refractivity contribution in [1.82, 2.24) is 4.98 Å². The molecule has 0 spiro atoms. The number of aromatic nitrogens is 1. The molecule has 1 aliphatic rings. The highest BCUT2D eigenvalue weighted by Crippen LogP contribution is 2.31. The summed E-state index contributed by atoms with van der Waals surface area (Å²) in [5.74, 6) is 2.26. The van der Waals surface area contributed by atoms with E-state index in [0.717, 1.165) is 24.5 Å². The molecule has 1 saturated heterocycles. The molecule has 0 aromatic carbocycles. The molecule has 0 saturated carbocycles. The lowest BCUT2D eigenvalue weighted by Gasteiger charge is -2.23. The molecule has 0 unspecified atom stereocenters. The van der Waals surface area contributed by atoms with Crippen LogP contribution in [-0.2, 0) is 6.54 Å². The van der Waals surface area contributed by atoms with Crippen molar-refractivity contribution in [3.05, 3.63) is 23.9 Å². The molecule has 1 aliphatic heterocycles. The molecule has 0 amide bonds. The average molecular weight is 251 g/mol. The Balaban J connectivity index is 2.06. The first-order chi connectivity index (χ1) is 8.11. The van der Waals surface area contributed by atoms with Crippen molar-refractivity contribution in [3.8, 4) is 0 Å². The molecule has 2 rings (SSSR count). The zero-order valence-corrected chi connectivity index (χ0v) is 11.5. The number of pyridine rings is 1. The van der Waals surface area contributed by atoms with Gasteiger partial charge in [-0.15, -0.1) is 0 Å². The van der Waals surface area contributed by atoms with Gasteiger partial charge in [0.2, 0.25) is 0 Å². The van der Waals surface area contributed by atoms with Crippen molar-refractivity contribution in [3.63, 3.8) is 0 Å². The first-order valence-electron chi connectivity index (χ1n) is 6.15. The largest absolute Gasteiger partial charge is 0.356 e. The van der Waals surface area contributed by atoms with Gasteiger partial charge in [-0.1, -0.05) is 19.9 Å². The number of thioether (sulfide) groups is 1. The van der Waals surface area contributed by atoms with Crippen LogP contribution >= 0.6 is 11.8 Å². The number of hydrogen-bond donors (Lipinski definition) is 1. The lowest BCUT2D eigenvalue weighted by Crippen LogP contribution is -2.27. The molecule has 0 aliphatic carbocycles. The number of rotatable bonds is 2. The lowest BCUT2D eigenvalue weighted by atomic mass is 10.1. The van der Waals surface area contributed by atoms with Crippen LogP contribution in [0.5, 0.6) is 0 Å². The Morgan fingerprint density at radius 3 is 2.88 bits per heavy atom. The Morgan fingerprint density at radius 1 is 1.41 bits per heavy atom. The Kier molecular flexibility index (Phi) is 3.94. The summed E-state index contributed by atoms with van der Waals surface area (Å²) in [5.41, 5.74) is 6.68. The molecular formula is C13H21N3S. The van der Waals surface area contributed by atoms with Crippen molar-refractivity contribution in [1.29, 1.82) is 0 Å². The van der Waals surface area contributed by atoms with Crippen molar-refractivity contribution in [2.24, 2.45) is 5.73 Å². The summed E-state index contributed by atoms with van der Waals surface area (Å²) in [6.07, 6.45) is 3.09. The van der Waals surface area contributed by atoms with Gasteiger partial charge in [-0.3, -0.25) is 0 Å². The second-order valence-electron chi connectivity index (χ2n) is 5.07. The number of nitrogens with zero attached hydrogens (tertiary/aromatic N) is 2. The number of nitrogens with two attached hydrogens (primary N) is 1. The van der Waals surface area contributed by atoms with Gasteiger partial charge >= 0.3 is 0 Å². The van der Waals surface area contributed by atoms with E-state index in [2.05, 4.69) is 47.6 Å². The highest BCUT2D eigenvalue weighted by molar-refractivity contribution is 8.00. The minimum Gasteiger partial charge on any atom is -0.356 e. The minimum absolute atomic E-state index is 0.395. The van der Waals surface area contributed by atoms with Crippen molar-refractivity contribution in [2.45, 2.75) is 31.6 Å². The first-order valence-corrected chi connectivity index (χ1v) is 7.13. The van der Waals surface area contributed by atoms with Crippen LogP contribution < -0.4 is 10.6 Å². The van der Waals surface area contributed by atoms with Crippen LogP contribution in [0.15, 0.2) is 18.3 Å². The fourth-order valence-corrected chi connectivity index (χ4v) is 3.07. The zero-order valence-electron chi connectivity index (χ0n) is 10.6. The van der Waals surface area contributed by atoms with Crippen LogP contribution in [0.1, 0.15) is 25.8 Å². The topological polar surface area (TPSA) is 42.1 Å². The second kappa shape index (κ2) is 5.27. The van der Waals surface area contributed by atoms with Crippen LogP contribution in [0.25, 0.3) is 0 Å². The van der Waals surface area contributed by atoms with Crippen LogP contribution in [-0.4, -0.2) is 28.6 Å². The van der Waals surface area contributed by atoms with Crippen molar-refractivity contribution >= 4 is 17.6 Å². The molecule has 0 atom stereocenters. The Hall–Kier alpha value is -0.740. The van der Waals surface area contributed by atoms with Crippen molar-refractivity contribution in [2.75, 3.05) is 23.7 Å². The van der Waals surface area contributed by atoms with Gasteiger partial charge in [0.05, 0.1) is 0 Å². The van der Waals surface area contributed by atoms with Crippen LogP contribution in [0.2, 0.25) is 0 Å². The summed E-state index contributed by atoms with van der Waals surface area (Å²) >= 11 is 2.06. The summed E-state index contributed by atoms with van der Waals surface area (Å²) in [6, 6.07) is 4.16. The van der Waals surface area contributed by atoms with E-state index < -0.39 is 0 Å². The molecule has 1 fully saturated rings. The van der Waals surface area contributed by atoms with Gasteiger partial charge in [-0.25, -0.2) is 4.98 Å². The highest BCUT2D eigenvalue weighted by Gasteiger charge is 2.23. The SMILES string of the molecule is CC1(C)CCN(c2ccc(CN)cn2)CCS1. The van der Waals surface area contributed by atoms with Gasteiger partial charge < -0.3 is 10.6 Å². The molecule has 4 heteroatoms. The maximum absolute atomic E-state index is 5.58. The van der Waals surface area contributed by atoms with E-state index in [1.54, 1.807) is 0 Å². The highest BCUT2D eigenvalue weighted by atomic mass is 32.2. The maximum atomic E-state index is 5.58. The zero-order chi connectivity index (χ0) is 12.3. The van der Waals surface area contributed by atoms with E-state index in [0.29, 0.717) is 11.3 Å². The van der Waals surface area contributed by atoms with Crippen molar-refractivity contribution < 1.29 is 0 Å². The Bertz CT molecular complexity index is 361. The fourth-order valence-electron chi connectivity index (χ4n) is 1.97. The second-order valence-corrected chi connectivity index (χ2v) is 6.88. The summed E-state index contributed by atoms with van der Waals surface area (Å²) < 4.78 is 0.395. The fraction of sp³-hybridized carbons (Fsp3) is 0.615. The van der Waals surface area contributed by atoms with Gasteiger partial charge in [0.25, 0.3) is 0 Å². The number of hydrogen-bond acceptors (Lipinski definition) is 4. The van der Waals surface area contributed by atoms with Gasteiger partial charge in [-0.05, 0) is 18.1 Å². The van der Waals surface area contributed by atoms with E-state index >= 15 is 0 Å². The molecule has 17 heavy (non-hydrogen) atoms. The quantitative estimate of drug-likeness (QED) is 0.875. The Labute approximate surface area is 108 Å². The first kappa shape index (κ1) is 12.7. The van der Waals surface area contributed by atoms with Gasteiger partial charge in [-0.2, -0.15) is 11.8 Å². The molecule has 3 nitrogen and oxygen atoms in total. The normalized spacial score (nSPS) is 20.1. The van der Waals surface area contributed by atoms with E-state index in [-0.39, 0.29) is 0 Å². The van der Waals surface area contributed by atoms with Gasteiger partial charge in [0.15, 0.2) is 0 Å². The van der Waals surface area contributed by atoms with E-state index in [1.807, 2.05) is 6.20 Å². The average Bonchev–Trinajstić information content (AvgIpc) is 2.50. The Morgan fingerprint density at radius 2 is 2.24 bits per heavy atom. The van der Waals surface area contributed by atoms with Crippen LogP contribution in [0, 0.1) is 0 Å². The van der Waals surface area contributed by atoms with E-state index in [9.17, 15) is 0 Å². The summed E-state index contributed by atoms with van der Waals surface area (Å²) in [5, 5.41) is 0. The maximum Gasteiger partial charge on any atom is 0.128 e. The molecule has 0 bridgehead atoms. The standard InChI is InChI=1S/C13H21N3S/c1-13(2)5-6-16(7-8-17-13)12-4-3-11(9-14)10-15-12/h3-4,10H,5-9,14H2,1-2H3. The summed E-state index contributed by atoms with van der Waals surface area (Å²) in [7, 11) is 0. The van der Waals surface area contributed by atoms with E-state index in [4.69, 9.17) is 5.73 Å². The third-order valence-corrected chi connectivity index (χ3v) is 4.58. The van der Waals surface area contributed by atoms with Gasteiger partial charge in [0.1, 0.15) is 5.82 Å². The molecule has 1 aromatic rings. The van der Waals surface area contributed by atoms with Crippen LogP contribution in [0.3, 0.4) is 0 Å². The lowest BCUT2D eigenvalue weighted by molar-refractivity contribution is 0.635. The monoisotopic (exact) mass is 251 g/mol. The molecule has 0 radical (unpaired) electrons. The third kappa shape index (κ3) is 3.36. The molecule has 2 heterocycles. The smallest absolute Gasteiger partial charge is 0.128 e. The molecule has 1 aromatic heterocycles. The molecule has 94 valence electrons. The van der Waals surface area contributed by atoms with E-state index in [1.165, 1.54) is 12.2 Å². The predicted molar refractivity (Wildman–Crippen MR) is 75.5 cm³/mol. The summed E-state index contributed by atoms with van der Waals surface area (Å²) in [6.45, 7) is 7.40. The van der Waals surface area contributed by atoms with Gasteiger partial charge in [0, 0.05) is 36.3 Å². The molecular weight excluding hydrogens is 230 g/mol.